The molecular formula is C16H11Cl2N3O5S. The van der Waals surface area contributed by atoms with Gasteiger partial charge in [0.25, 0.3) is 11.6 Å². The summed E-state index contributed by atoms with van der Waals surface area (Å²) in [5.74, 6) is -2.00. The number of hydrogen-bond donors (Lipinski definition) is 3. The number of amides is 1. The number of thiocarbonyl (C=S) groups is 1. The van der Waals surface area contributed by atoms with Crippen molar-refractivity contribution in [2.75, 3.05) is 5.32 Å². The molecule has 0 heterocycles. The van der Waals surface area contributed by atoms with Gasteiger partial charge < -0.3 is 10.4 Å². The lowest BCUT2D eigenvalue weighted by atomic mass is 10.1. The fourth-order valence-corrected chi connectivity index (χ4v) is 2.99. The van der Waals surface area contributed by atoms with Gasteiger partial charge in [0.1, 0.15) is 0 Å². The lowest BCUT2D eigenvalue weighted by Gasteiger charge is -2.14. The third-order valence-electron chi connectivity index (χ3n) is 3.50. The average Bonchev–Trinajstić information content (AvgIpc) is 2.56. The van der Waals surface area contributed by atoms with Gasteiger partial charge in [-0.3, -0.25) is 20.2 Å². The number of nitro benzene ring substituents is 1. The average molecular weight is 428 g/mol. The Morgan fingerprint density at radius 2 is 1.89 bits per heavy atom. The first kappa shape index (κ1) is 20.6. The van der Waals surface area contributed by atoms with Crippen LogP contribution in [0.5, 0.6) is 0 Å². The number of nitro groups is 1. The quantitative estimate of drug-likeness (QED) is 0.382. The van der Waals surface area contributed by atoms with Crippen LogP contribution in [0.2, 0.25) is 10.0 Å². The Morgan fingerprint density at radius 1 is 1.22 bits per heavy atom. The van der Waals surface area contributed by atoms with Gasteiger partial charge in [0.15, 0.2) is 5.11 Å². The van der Waals surface area contributed by atoms with Crippen LogP contribution in [0, 0.1) is 17.0 Å². The van der Waals surface area contributed by atoms with Crippen molar-refractivity contribution in [1.82, 2.24) is 5.32 Å². The van der Waals surface area contributed by atoms with Crippen molar-refractivity contribution in [2.45, 2.75) is 6.92 Å². The second-order valence-corrected chi connectivity index (χ2v) is 6.48. The van der Waals surface area contributed by atoms with E-state index in [0.717, 1.165) is 0 Å². The van der Waals surface area contributed by atoms with Gasteiger partial charge in [-0.15, -0.1) is 0 Å². The largest absolute Gasteiger partial charge is 0.478 e. The summed E-state index contributed by atoms with van der Waals surface area (Å²) in [6, 6.07) is 6.53. The number of carboxylic acid groups (broad SMARTS) is 1. The molecule has 0 fully saturated rings. The molecule has 27 heavy (non-hydrogen) atoms. The van der Waals surface area contributed by atoms with E-state index in [1.54, 1.807) is 0 Å². The molecule has 2 rings (SSSR count). The van der Waals surface area contributed by atoms with Gasteiger partial charge in [-0.05, 0) is 37.3 Å². The maximum absolute atomic E-state index is 12.4. The molecule has 0 aliphatic heterocycles. The first-order valence-corrected chi connectivity index (χ1v) is 8.37. The number of halogens is 2. The summed E-state index contributed by atoms with van der Waals surface area (Å²) in [5, 5.41) is 25.0. The van der Waals surface area contributed by atoms with E-state index in [1.807, 2.05) is 0 Å². The zero-order chi connectivity index (χ0) is 20.3. The predicted octanol–water partition coefficient (Wildman–Crippen LogP) is 4.04. The molecule has 8 nitrogen and oxygen atoms in total. The number of nitrogens with zero attached hydrogens (tertiary/aromatic N) is 1. The Labute approximate surface area is 168 Å². The second-order valence-electron chi connectivity index (χ2n) is 5.23. The first-order valence-electron chi connectivity index (χ1n) is 7.20. The summed E-state index contributed by atoms with van der Waals surface area (Å²) in [6.07, 6.45) is 0. The number of anilines is 1. The van der Waals surface area contributed by atoms with E-state index >= 15 is 0 Å². The van der Waals surface area contributed by atoms with Crippen LogP contribution in [0.1, 0.15) is 26.3 Å². The molecule has 3 N–H and O–H groups in total. The van der Waals surface area contributed by atoms with E-state index in [2.05, 4.69) is 10.6 Å². The van der Waals surface area contributed by atoms with Crippen molar-refractivity contribution in [3.8, 4) is 0 Å². The second kappa shape index (κ2) is 8.30. The number of hydrogen-bond acceptors (Lipinski definition) is 5. The van der Waals surface area contributed by atoms with Crippen molar-refractivity contribution < 1.29 is 19.6 Å². The highest BCUT2D eigenvalue weighted by molar-refractivity contribution is 7.80. The Morgan fingerprint density at radius 3 is 2.48 bits per heavy atom. The standard InChI is InChI=1S/C16H11Cl2N3O5S/c1-7-9(3-2-4-12(7)21(25)26)14(22)20-16(27)19-13-10(15(23)24)5-8(17)6-11(13)18/h2-6H,1H3,(H,23,24)(H2,19,20,22,27). The minimum Gasteiger partial charge on any atom is -0.478 e. The molecule has 140 valence electrons. The monoisotopic (exact) mass is 427 g/mol. The predicted molar refractivity (Wildman–Crippen MR) is 105 cm³/mol. The Kier molecular flexibility index (Phi) is 6.32. The Bertz CT molecular complexity index is 981. The van der Waals surface area contributed by atoms with Gasteiger partial charge in [-0.2, -0.15) is 0 Å². The highest BCUT2D eigenvalue weighted by atomic mass is 35.5. The molecule has 0 aliphatic carbocycles. The molecule has 0 radical (unpaired) electrons. The lowest BCUT2D eigenvalue weighted by molar-refractivity contribution is -0.385. The molecule has 11 heteroatoms. The fraction of sp³-hybridized carbons (Fsp3) is 0.0625. The van der Waals surface area contributed by atoms with E-state index in [9.17, 15) is 24.8 Å². The van der Waals surface area contributed by atoms with Crippen LogP contribution in [0.15, 0.2) is 30.3 Å². The molecule has 1 amide bonds. The number of nitrogens with one attached hydrogen (secondary N) is 2. The first-order chi connectivity index (χ1) is 12.6. The van der Waals surface area contributed by atoms with E-state index in [0.29, 0.717) is 0 Å². The van der Waals surface area contributed by atoms with Crippen molar-refractivity contribution in [2.24, 2.45) is 0 Å². The van der Waals surface area contributed by atoms with Crippen LogP contribution in [-0.4, -0.2) is 27.0 Å². The van der Waals surface area contributed by atoms with Crippen LogP contribution in [-0.2, 0) is 0 Å². The van der Waals surface area contributed by atoms with Crippen LogP contribution >= 0.6 is 35.4 Å². The van der Waals surface area contributed by atoms with Gasteiger partial charge in [0.05, 0.1) is 21.2 Å². The maximum Gasteiger partial charge on any atom is 0.337 e. The van der Waals surface area contributed by atoms with E-state index in [1.165, 1.54) is 37.3 Å². The highest BCUT2D eigenvalue weighted by Gasteiger charge is 2.20. The third-order valence-corrected chi connectivity index (χ3v) is 4.22. The van der Waals surface area contributed by atoms with Crippen LogP contribution in [0.4, 0.5) is 11.4 Å². The molecule has 2 aromatic rings. The molecule has 0 saturated heterocycles. The van der Waals surface area contributed by atoms with Crippen molar-refractivity contribution in [3.05, 3.63) is 67.2 Å². The SMILES string of the molecule is Cc1c(C(=O)NC(=S)Nc2c(Cl)cc(Cl)cc2C(=O)O)cccc1[N+](=O)[O-]. The van der Waals surface area contributed by atoms with Gasteiger partial charge in [-0.1, -0.05) is 29.3 Å². The van der Waals surface area contributed by atoms with Gasteiger partial charge >= 0.3 is 5.97 Å². The van der Waals surface area contributed by atoms with Gasteiger partial charge in [0.2, 0.25) is 0 Å². The summed E-state index contributed by atoms with van der Waals surface area (Å²) in [4.78, 5) is 34.1. The number of carbonyl (C=O) groups is 2. The van der Waals surface area contributed by atoms with Crippen molar-refractivity contribution in [1.29, 1.82) is 0 Å². The molecule has 0 saturated carbocycles. The Hall–Kier alpha value is -2.75. The van der Waals surface area contributed by atoms with Crippen LogP contribution in [0.3, 0.4) is 0 Å². The minimum atomic E-state index is -1.30. The van der Waals surface area contributed by atoms with E-state index < -0.39 is 16.8 Å². The van der Waals surface area contributed by atoms with E-state index in [-0.39, 0.29) is 43.2 Å². The fourth-order valence-electron chi connectivity index (χ4n) is 2.25. The molecule has 0 aliphatic rings. The normalized spacial score (nSPS) is 10.2. The molecule has 0 aromatic heterocycles. The number of carboxylic acids is 1. The maximum atomic E-state index is 12.4. The smallest absolute Gasteiger partial charge is 0.337 e. The van der Waals surface area contributed by atoms with Crippen molar-refractivity contribution >= 4 is 63.8 Å². The summed E-state index contributed by atoms with van der Waals surface area (Å²) in [6.45, 7) is 1.43. The molecule has 0 spiro atoms. The lowest BCUT2D eigenvalue weighted by Crippen LogP contribution is -2.35. The molecule has 0 unspecified atom stereocenters. The highest BCUT2D eigenvalue weighted by Crippen LogP contribution is 2.30. The van der Waals surface area contributed by atoms with Gasteiger partial charge in [0, 0.05) is 22.2 Å². The molecular weight excluding hydrogens is 417 g/mol. The van der Waals surface area contributed by atoms with E-state index in [4.69, 9.17) is 35.4 Å². The number of carbonyl (C=O) groups excluding carboxylic acids is 1. The minimum absolute atomic E-state index is 0.0111. The third kappa shape index (κ3) is 4.70. The van der Waals surface area contributed by atoms with Crippen LogP contribution in [0.25, 0.3) is 0 Å². The zero-order valence-corrected chi connectivity index (χ0v) is 15.9. The zero-order valence-electron chi connectivity index (χ0n) is 13.6. The summed E-state index contributed by atoms with van der Waals surface area (Å²) in [5.41, 5.74) is -0.284. The molecule has 2 aromatic carbocycles. The number of aromatic carboxylic acids is 1. The van der Waals surface area contributed by atoms with Gasteiger partial charge in [-0.25, -0.2) is 4.79 Å². The Balaban J connectivity index is 2.25. The summed E-state index contributed by atoms with van der Waals surface area (Å²) >= 11 is 16.8. The molecule has 0 bridgehead atoms. The van der Waals surface area contributed by atoms with Crippen molar-refractivity contribution in [3.63, 3.8) is 0 Å². The summed E-state index contributed by atoms with van der Waals surface area (Å²) in [7, 11) is 0. The number of benzene rings is 2. The summed E-state index contributed by atoms with van der Waals surface area (Å²) < 4.78 is 0. The molecule has 0 atom stereocenters. The van der Waals surface area contributed by atoms with Crippen LogP contribution < -0.4 is 10.6 Å². The topological polar surface area (TPSA) is 122 Å². The number of rotatable bonds is 4.